The molecule has 0 radical (unpaired) electrons. The number of esters is 1. The molecule has 0 amide bonds. The third-order valence-corrected chi connectivity index (χ3v) is 3.52. The van der Waals surface area contributed by atoms with Crippen LogP contribution in [0.15, 0.2) is 60.8 Å². The molecule has 21 heavy (non-hydrogen) atoms. The quantitative estimate of drug-likeness (QED) is 0.721. The Bertz CT molecular complexity index is 731. The molecule has 3 nitrogen and oxygen atoms in total. The van der Waals surface area contributed by atoms with Crippen LogP contribution >= 0.6 is 0 Å². The Labute approximate surface area is 123 Å². The molecular formula is C18H17NO2. The number of aryl methyl sites for hydroxylation is 1. The fraction of sp³-hybridized carbons (Fsp3) is 0.167. The van der Waals surface area contributed by atoms with Gasteiger partial charge in [-0.05, 0) is 23.6 Å². The van der Waals surface area contributed by atoms with Crippen molar-refractivity contribution in [3.05, 3.63) is 71.9 Å². The maximum atomic E-state index is 11.8. The van der Waals surface area contributed by atoms with Crippen LogP contribution < -0.4 is 0 Å². The Morgan fingerprint density at radius 3 is 2.62 bits per heavy atom. The lowest BCUT2D eigenvalue weighted by Crippen LogP contribution is -2.05. The minimum Gasteiger partial charge on any atom is -0.461 e. The molecule has 2 aromatic carbocycles. The van der Waals surface area contributed by atoms with E-state index in [2.05, 4.69) is 11.1 Å². The summed E-state index contributed by atoms with van der Waals surface area (Å²) in [4.78, 5) is 15.0. The predicted octanol–water partition coefficient (Wildman–Crippen LogP) is 3.84. The Kier molecular flexibility index (Phi) is 4.01. The van der Waals surface area contributed by atoms with Crippen LogP contribution in [0.1, 0.15) is 17.5 Å². The van der Waals surface area contributed by atoms with Gasteiger partial charge in [-0.3, -0.25) is 4.79 Å². The lowest BCUT2D eigenvalue weighted by molar-refractivity contribution is -0.144. The van der Waals surface area contributed by atoms with Crippen molar-refractivity contribution in [2.24, 2.45) is 0 Å². The summed E-state index contributed by atoms with van der Waals surface area (Å²) in [6.45, 7) is 0.341. The van der Waals surface area contributed by atoms with Crippen LogP contribution in [-0.2, 0) is 22.6 Å². The first-order chi connectivity index (χ1) is 10.3. The highest BCUT2D eigenvalue weighted by molar-refractivity contribution is 5.83. The lowest BCUT2D eigenvalue weighted by Gasteiger charge is -2.04. The van der Waals surface area contributed by atoms with Gasteiger partial charge in [-0.1, -0.05) is 48.5 Å². The number of fused-ring (bicyclic) bond motifs is 1. The molecule has 3 aromatic rings. The van der Waals surface area contributed by atoms with Gasteiger partial charge in [-0.25, -0.2) is 0 Å². The van der Waals surface area contributed by atoms with Crippen molar-refractivity contribution in [1.29, 1.82) is 0 Å². The number of carbonyl (C=O) groups excluding carboxylic acids is 1. The Hall–Kier alpha value is -2.55. The second kappa shape index (κ2) is 6.27. The Balaban J connectivity index is 1.54. The Morgan fingerprint density at radius 1 is 1.00 bits per heavy atom. The molecule has 106 valence electrons. The average molecular weight is 279 g/mol. The fourth-order valence-corrected chi connectivity index (χ4v) is 2.39. The molecule has 0 bridgehead atoms. The summed E-state index contributed by atoms with van der Waals surface area (Å²) in [5.41, 5.74) is 3.27. The third kappa shape index (κ3) is 3.31. The van der Waals surface area contributed by atoms with Gasteiger partial charge in [0, 0.05) is 23.5 Å². The molecule has 0 saturated heterocycles. The van der Waals surface area contributed by atoms with Crippen molar-refractivity contribution in [2.45, 2.75) is 19.4 Å². The highest BCUT2D eigenvalue weighted by Gasteiger charge is 2.07. The predicted molar refractivity (Wildman–Crippen MR) is 82.9 cm³/mol. The second-order valence-electron chi connectivity index (χ2n) is 5.01. The number of hydrogen-bond donors (Lipinski definition) is 1. The van der Waals surface area contributed by atoms with E-state index >= 15 is 0 Å². The number of aromatic amines is 1. The van der Waals surface area contributed by atoms with Crippen molar-refractivity contribution >= 4 is 16.9 Å². The van der Waals surface area contributed by atoms with Gasteiger partial charge in [0.2, 0.25) is 0 Å². The van der Waals surface area contributed by atoms with Gasteiger partial charge in [-0.15, -0.1) is 0 Å². The molecule has 1 N–H and O–H groups in total. The molecule has 1 aromatic heterocycles. The molecule has 0 aliphatic heterocycles. The number of benzene rings is 2. The number of rotatable bonds is 5. The summed E-state index contributed by atoms with van der Waals surface area (Å²) >= 11 is 0. The fourth-order valence-electron chi connectivity index (χ4n) is 2.39. The zero-order valence-corrected chi connectivity index (χ0v) is 11.7. The molecule has 0 unspecified atom stereocenters. The van der Waals surface area contributed by atoms with Gasteiger partial charge in [0.05, 0.1) is 0 Å². The topological polar surface area (TPSA) is 42.1 Å². The van der Waals surface area contributed by atoms with Gasteiger partial charge in [0.15, 0.2) is 0 Å². The maximum Gasteiger partial charge on any atom is 0.306 e. The average Bonchev–Trinajstić information content (AvgIpc) is 2.95. The molecule has 0 saturated carbocycles. The highest BCUT2D eigenvalue weighted by Crippen LogP contribution is 2.19. The molecule has 0 aliphatic carbocycles. The van der Waals surface area contributed by atoms with E-state index in [1.807, 2.05) is 54.7 Å². The van der Waals surface area contributed by atoms with Crippen molar-refractivity contribution in [3.8, 4) is 0 Å². The Morgan fingerprint density at radius 2 is 1.76 bits per heavy atom. The number of ether oxygens (including phenoxy) is 1. The van der Waals surface area contributed by atoms with Gasteiger partial charge in [0.25, 0.3) is 0 Å². The van der Waals surface area contributed by atoms with E-state index in [0.717, 1.165) is 16.6 Å². The molecule has 0 aliphatic rings. The summed E-state index contributed by atoms with van der Waals surface area (Å²) in [6.07, 6.45) is 3.06. The van der Waals surface area contributed by atoms with Crippen LogP contribution in [0.2, 0.25) is 0 Å². The number of H-pyrrole nitrogens is 1. The minimum absolute atomic E-state index is 0.163. The van der Waals surface area contributed by atoms with Crippen LogP contribution in [0.4, 0.5) is 0 Å². The van der Waals surface area contributed by atoms with Crippen LogP contribution in [0.5, 0.6) is 0 Å². The monoisotopic (exact) mass is 279 g/mol. The first-order valence-electron chi connectivity index (χ1n) is 7.07. The van der Waals surface area contributed by atoms with E-state index in [1.54, 1.807) is 0 Å². The van der Waals surface area contributed by atoms with E-state index in [1.165, 1.54) is 5.39 Å². The van der Waals surface area contributed by atoms with E-state index in [0.29, 0.717) is 19.4 Å². The molecule has 0 spiro atoms. The van der Waals surface area contributed by atoms with Crippen molar-refractivity contribution in [2.75, 3.05) is 0 Å². The van der Waals surface area contributed by atoms with Gasteiger partial charge < -0.3 is 9.72 Å². The van der Waals surface area contributed by atoms with E-state index in [4.69, 9.17) is 4.74 Å². The number of hydrogen-bond acceptors (Lipinski definition) is 2. The largest absolute Gasteiger partial charge is 0.461 e. The normalized spacial score (nSPS) is 10.7. The zero-order chi connectivity index (χ0) is 14.5. The summed E-state index contributed by atoms with van der Waals surface area (Å²) in [5, 5.41) is 1.17. The highest BCUT2D eigenvalue weighted by atomic mass is 16.5. The van der Waals surface area contributed by atoms with Crippen LogP contribution in [0, 0.1) is 0 Å². The number of aromatic nitrogens is 1. The summed E-state index contributed by atoms with van der Waals surface area (Å²) in [6, 6.07) is 17.8. The van der Waals surface area contributed by atoms with E-state index in [9.17, 15) is 4.79 Å². The summed E-state index contributed by atoms with van der Waals surface area (Å²) in [5.74, 6) is -0.163. The maximum absolute atomic E-state index is 11.8. The second-order valence-corrected chi connectivity index (χ2v) is 5.01. The molecule has 3 heteroatoms. The summed E-state index contributed by atoms with van der Waals surface area (Å²) in [7, 11) is 0. The van der Waals surface area contributed by atoms with Crippen molar-refractivity contribution in [1.82, 2.24) is 4.98 Å². The van der Waals surface area contributed by atoms with E-state index < -0.39 is 0 Å². The van der Waals surface area contributed by atoms with Crippen molar-refractivity contribution in [3.63, 3.8) is 0 Å². The van der Waals surface area contributed by atoms with Crippen LogP contribution in [0.3, 0.4) is 0 Å². The van der Waals surface area contributed by atoms with Gasteiger partial charge in [-0.2, -0.15) is 0 Å². The van der Waals surface area contributed by atoms with Gasteiger partial charge in [0.1, 0.15) is 6.61 Å². The first-order valence-corrected chi connectivity index (χ1v) is 7.07. The lowest BCUT2D eigenvalue weighted by atomic mass is 10.1. The first kappa shape index (κ1) is 13.4. The number of para-hydroxylation sites is 1. The van der Waals surface area contributed by atoms with Crippen LogP contribution in [-0.4, -0.2) is 11.0 Å². The molecule has 1 heterocycles. The SMILES string of the molecule is O=C(CCc1c[nH]c2ccccc12)OCc1ccccc1. The number of carbonyl (C=O) groups is 1. The zero-order valence-electron chi connectivity index (χ0n) is 11.7. The molecule has 0 fully saturated rings. The smallest absolute Gasteiger partial charge is 0.306 e. The number of nitrogens with one attached hydrogen (secondary N) is 1. The molecule has 3 rings (SSSR count). The standard InChI is InChI=1S/C18H17NO2/c20-18(21-13-14-6-2-1-3-7-14)11-10-15-12-19-17-9-5-4-8-16(15)17/h1-9,12,19H,10-11,13H2. The van der Waals surface area contributed by atoms with Crippen LogP contribution in [0.25, 0.3) is 10.9 Å². The van der Waals surface area contributed by atoms with Crippen molar-refractivity contribution < 1.29 is 9.53 Å². The molecular weight excluding hydrogens is 262 g/mol. The summed E-state index contributed by atoms with van der Waals surface area (Å²) < 4.78 is 5.29. The minimum atomic E-state index is -0.163. The van der Waals surface area contributed by atoms with Gasteiger partial charge >= 0.3 is 5.97 Å². The third-order valence-electron chi connectivity index (χ3n) is 3.52. The molecule has 0 atom stereocenters. The van der Waals surface area contributed by atoms with E-state index in [-0.39, 0.29) is 5.97 Å².